The largest absolute Gasteiger partial charge is 0.490 e. The van der Waals surface area contributed by atoms with Gasteiger partial charge in [0.2, 0.25) is 0 Å². The second-order valence-electron chi connectivity index (χ2n) is 4.03. The van der Waals surface area contributed by atoms with Crippen molar-refractivity contribution in [2.45, 2.75) is 33.6 Å². The van der Waals surface area contributed by atoms with Gasteiger partial charge in [-0.1, -0.05) is 31.6 Å². The van der Waals surface area contributed by atoms with Crippen LogP contribution >= 0.6 is 0 Å². The minimum Gasteiger partial charge on any atom is -0.490 e. The SMILES string of the molecule is CC=CCOc1cc(C)ccc1OCCCC. The van der Waals surface area contributed by atoms with Crippen LogP contribution in [0.3, 0.4) is 0 Å². The van der Waals surface area contributed by atoms with E-state index in [-0.39, 0.29) is 0 Å². The minimum atomic E-state index is 0.587. The molecule has 0 unspecified atom stereocenters. The maximum atomic E-state index is 5.71. The summed E-state index contributed by atoms with van der Waals surface area (Å²) in [5, 5.41) is 0. The number of benzene rings is 1. The lowest BCUT2D eigenvalue weighted by Gasteiger charge is -2.12. The number of unbranched alkanes of at least 4 members (excludes halogenated alkanes) is 1. The van der Waals surface area contributed by atoms with Crippen LogP contribution < -0.4 is 9.47 Å². The highest BCUT2D eigenvalue weighted by atomic mass is 16.5. The molecular weight excluding hydrogens is 212 g/mol. The van der Waals surface area contributed by atoms with Gasteiger partial charge in [0, 0.05) is 0 Å². The predicted molar refractivity (Wildman–Crippen MR) is 71.9 cm³/mol. The van der Waals surface area contributed by atoms with Crippen LogP contribution in [-0.4, -0.2) is 13.2 Å². The molecule has 17 heavy (non-hydrogen) atoms. The van der Waals surface area contributed by atoms with Crippen molar-refractivity contribution in [1.29, 1.82) is 0 Å². The van der Waals surface area contributed by atoms with Crippen LogP contribution in [0.15, 0.2) is 30.4 Å². The van der Waals surface area contributed by atoms with Crippen molar-refractivity contribution in [3.63, 3.8) is 0 Å². The lowest BCUT2D eigenvalue weighted by atomic mass is 10.2. The van der Waals surface area contributed by atoms with Crippen molar-refractivity contribution in [3.8, 4) is 11.5 Å². The number of aryl methyl sites for hydroxylation is 1. The van der Waals surface area contributed by atoms with E-state index in [9.17, 15) is 0 Å². The molecule has 0 saturated carbocycles. The lowest BCUT2D eigenvalue weighted by molar-refractivity contribution is 0.279. The smallest absolute Gasteiger partial charge is 0.161 e. The summed E-state index contributed by atoms with van der Waals surface area (Å²) in [5.41, 5.74) is 1.18. The van der Waals surface area contributed by atoms with E-state index in [0.29, 0.717) is 6.61 Å². The van der Waals surface area contributed by atoms with Crippen molar-refractivity contribution in [3.05, 3.63) is 35.9 Å². The van der Waals surface area contributed by atoms with Crippen molar-refractivity contribution in [1.82, 2.24) is 0 Å². The molecule has 0 bridgehead atoms. The summed E-state index contributed by atoms with van der Waals surface area (Å²) >= 11 is 0. The van der Waals surface area contributed by atoms with Gasteiger partial charge in [0.05, 0.1) is 6.61 Å². The molecular formula is C15H22O2. The summed E-state index contributed by atoms with van der Waals surface area (Å²) in [4.78, 5) is 0. The van der Waals surface area contributed by atoms with Gasteiger partial charge < -0.3 is 9.47 Å². The third-order valence-electron chi connectivity index (χ3n) is 2.43. The van der Waals surface area contributed by atoms with Gasteiger partial charge in [-0.25, -0.2) is 0 Å². The molecule has 1 aromatic rings. The Labute approximate surface area is 104 Å². The lowest BCUT2D eigenvalue weighted by Crippen LogP contribution is -2.01. The van der Waals surface area contributed by atoms with Crippen LogP contribution in [0, 0.1) is 6.92 Å². The van der Waals surface area contributed by atoms with Crippen LogP contribution in [0.2, 0.25) is 0 Å². The van der Waals surface area contributed by atoms with Crippen LogP contribution in [0.5, 0.6) is 11.5 Å². The van der Waals surface area contributed by atoms with Gasteiger partial charge in [-0.15, -0.1) is 0 Å². The highest BCUT2D eigenvalue weighted by molar-refractivity contribution is 5.42. The van der Waals surface area contributed by atoms with E-state index in [1.807, 2.05) is 37.3 Å². The zero-order chi connectivity index (χ0) is 12.5. The Bertz CT molecular complexity index is 356. The predicted octanol–water partition coefficient (Wildman–Crippen LogP) is 4.13. The fourth-order valence-electron chi connectivity index (χ4n) is 1.41. The second kappa shape index (κ2) is 7.77. The van der Waals surface area contributed by atoms with Crippen molar-refractivity contribution in [2.24, 2.45) is 0 Å². The maximum absolute atomic E-state index is 5.71. The number of rotatable bonds is 7. The number of allylic oxidation sites excluding steroid dienone is 1. The molecule has 2 heteroatoms. The fraction of sp³-hybridized carbons (Fsp3) is 0.467. The first-order valence-corrected chi connectivity index (χ1v) is 6.25. The first-order chi connectivity index (χ1) is 8.27. The third kappa shape index (κ3) is 4.94. The standard InChI is InChI=1S/C15H22O2/c1-4-6-10-16-14-9-8-13(3)12-15(14)17-11-7-5-2/h5,7-9,12H,4,6,10-11H2,1-3H3. The first-order valence-electron chi connectivity index (χ1n) is 6.25. The van der Waals surface area contributed by atoms with E-state index in [1.165, 1.54) is 5.56 Å². The Morgan fingerprint density at radius 3 is 2.71 bits per heavy atom. The summed E-state index contributed by atoms with van der Waals surface area (Å²) in [6.45, 7) is 7.53. The van der Waals surface area contributed by atoms with Crippen molar-refractivity contribution >= 4 is 0 Å². The Morgan fingerprint density at radius 2 is 2.00 bits per heavy atom. The van der Waals surface area contributed by atoms with E-state index < -0.39 is 0 Å². The summed E-state index contributed by atoms with van der Waals surface area (Å²) in [6.07, 6.45) is 6.17. The number of hydrogen-bond acceptors (Lipinski definition) is 2. The summed E-state index contributed by atoms with van der Waals surface area (Å²) in [5.74, 6) is 1.67. The monoisotopic (exact) mass is 234 g/mol. The highest BCUT2D eigenvalue weighted by Crippen LogP contribution is 2.28. The average Bonchev–Trinajstić information content (AvgIpc) is 2.32. The molecule has 2 nitrogen and oxygen atoms in total. The molecule has 0 amide bonds. The Morgan fingerprint density at radius 1 is 1.18 bits per heavy atom. The normalized spacial score (nSPS) is 10.8. The molecule has 0 atom stereocenters. The molecule has 0 aromatic heterocycles. The second-order valence-corrected chi connectivity index (χ2v) is 4.03. The molecule has 0 aliphatic carbocycles. The summed E-state index contributed by atoms with van der Waals surface area (Å²) in [7, 11) is 0. The Hall–Kier alpha value is -1.44. The van der Waals surface area contributed by atoms with Crippen molar-refractivity contribution in [2.75, 3.05) is 13.2 Å². The number of ether oxygens (including phenoxy) is 2. The molecule has 0 aliphatic heterocycles. The van der Waals surface area contributed by atoms with E-state index in [0.717, 1.165) is 30.9 Å². The first kappa shape index (κ1) is 13.6. The average molecular weight is 234 g/mol. The molecule has 1 rings (SSSR count). The highest BCUT2D eigenvalue weighted by Gasteiger charge is 2.04. The Balaban J connectivity index is 2.65. The zero-order valence-corrected chi connectivity index (χ0v) is 11.0. The van der Waals surface area contributed by atoms with Gasteiger partial charge in [0.1, 0.15) is 6.61 Å². The summed E-state index contributed by atoms with van der Waals surface area (Å²) in [6, 6.07) is 6.05. The zero-order valence-electron chi connectivity index (χ0n) is 11.0. The van der Waals surface area contributed by atoms with Gasteiger partial charge >= 0.3 is 0 Å². The van der Waals surface area contributed by atoms with Gasteiger partial charge in [0.25, 0.3) is 0 Å². The molecule has 0 spiro atoms. The van der Waals surface area contributed by atoms with Gasteiger partial charge in [-0.3, -0.25) is 0 Å². The van der Waals surface area contributed by atoms with E-state index in [2.05, 4.69) is 13.8 Å². The molecule has 0 aliphatic rings. The van der Waals surface area contributed by atoms with E-state index in [1.54, 1.807) is 0 Å². The quantitative estimate of drug-likeness (QED) is 0.521. The van der Waals surface area contributed by atoms with Crippen molar-refractivity contribution < 1.29 is 9.47 Å². The molecule has 0 fully saturated rings. The Kier molecular flexibility index (Phi) is 6.23. The molecule has 1 aromatic carbocycles. The van der Waals surface area contributed by atoms with Crippen LogP contribution in [0.4, 0.5) is 0 Å². The van der Waals surface area contributed by atoms with E-state index >= 15 is 0 Å². The third-order valence-corrected chi connectivity index (χ3v) is 2.43. The maximum Gasteiger partial charge on any atom is 0.161 e. The minimum absolute atomic E-state index is 0.587. The summed E-state index contributed by atoms with van der Waals surface area (Å²) < 4.78 is 11.4. The topological polar surface area (TPSA) is 18.5 Å². The van der Waals surface area contributed by atoms with Crippen LogP contribution in [0.25, 0.3) is 0 Å². The van der Waals surface area contributed by atoms with Crippen LogP contribution in [-0.2, 0) is 0 Å². The molecule has 0 saturated heterocycles. The fourth-order valence-corrected chi connectivity index (χ4v) is 1.41. The number of hydrogen-bond donors (Lipinski definition) is 0. The molecule has 0 radical (unpaired) electrons. The molecule has 0 N–H and O–H groups in total. The van der Waals surface area contributed by atoms with E-state index in [4.69, 9.17) is 9.47 Å². The van der Waals surface area contributed by atoms with Crippen LogP contribution in [0.1, 0.15) is 32.3 Å². The molecule has 94 valence electrons. The molecule has 0 heterocycles. The van der Waals surface area contributed by atoms with Gasteiger partial charge in [-0.2, -0.15) is 0 Å². The van der Waals surface area contributed by atoms with Gasteiger partial charge in [0.15, 0.2) is 11.5 Å². The van der Waals surface area contributed by atoms with Gasteiger partial charge in [-0.05, 0) is 38.0 Å².